The molecule has 0 heterocycles. The first-order valence-corrected chi connectivity index (χ1v) is 6.23. The number of hydrogen-bond acceptors (Lipinski definition) is 3. The third kappa shape index (κ3) is 2.41. The molecule has 2 unspecified atom stereocenters. The minimum atomic E-state index is -0.799. The molecular formula is C11H23BN2O2. The maximum absolute atomic E-state index is 11.5. The first-order chi connectivity index (χ1) is 7.60. The summed E-state index contributed by atoms with van der Waals surface area (Å²) in [5, 5.41) is 12.5. The van der Waals surface area contributed by atoms with E-state index in [0.717, 1.165) is 25.6 Å². The van der Waals surface area contributed by atoms with Crippen LogP contribution >= 0.6 is 0 Å². The highest BCUT2D eigenvalue weighted by atomic mass is 16.4. The number of likely N-dealkylation sites (N-methyl/N-ethyl adjacent to an activating group) is 1. The summed E-state index contributed by atoms with van der Waals surface area (Å²) in [7, 11) is 3.89. The molecule has 0 aromatic heterocycles. The zero-order valence-corrected chi connectivity index (χ0v) is 10.3. The van der Waals surface area contributed by atoms with Gasteiger partial charge in [-0.2, -0.15) is 0 Å². The van der Waals surface area contributed by atoms with Gasteiger partial charge in [0.2, 0.25) is 0 Å². The Morgan fingerprint density at radius 1 is 1.62 bits per heavy atom. The van der Waals surface area contributed by atoms with E-state index in [1.807, 2.05) is 0 Å². The average Bonchev–Trinajstić information content (AvgIpc) is 2.28. The Labute approximate surface area is 98.4 Å². The standard InChI is InChI=1S/C11H23BN2O2/c1-14-11(10(15)16)6-8(4-5-12)2-3-9(11)7-13/h8-9,14H,2-7,12-13H2,1H3,(H,15,16)/t8-,9?,11?/m0/s1. The van der Waals surface area contributed by atoms with Crippen molar-refractivity contribution in [3.8, 4) is 0 Å². The minimum absolute atomic E-state index is 0.0584. The van der Waals surface area contributed by atoms with Gasteiger partial charge in [-0.1, -0.05) is 12.7 Å². The normalized spacial score (nSPS) is 34.9. The summed E-state index contributed by atoms with van der Waals surface area (Å²) < 4.78 is 0. The van der Waals surface area contributed by atoms with Gasteiger partial charge in [0.05, 0.1) is 0 Å². The summed E-state index contributed by atoms with van der Waals surface area (Å²) in [6.45, 7) is 0.450. The fourth-order valence-electron chi connectivity index (χ4n) is 3.06. The van der Waals surface area contributed by atoms with Gasteiger partial charge >= 0.3 is 5.97 Å². The Balaban J connectivity index is 2.84. The number of carboxylic acids is 1. The molecule has 4 N–H and O–H groups in total. The molecule has 4 nitrogen and oxygen atoms in total. The highest BCUT2D eigenvalue weighted by Crippen LogP contribution is 2.38. The lowest BCUT2D eigenvalue weighted by Crippen LogP contribution is -2.60. The molecule has 0 aromatic rings. The SMILES string of the molecule is BCC[C@@H]1CCC(CN)C(NC)(C(=O)O)C1. The molecule has 1 rings (SSSR count). The second kappa shape index (κ2) is 5.68. The van der Waals surface area contributed by atoms with E-state index in [-0.39, 0.29) is 5.92 Å². The molecule has 0 aromatic carbocycles. The number of carboxylic acid groups (broad SMARTS) is 1. The van der Waals surface area contributed by atoms with Crippen molar-refractivity contribution in [1.29, 1.82) is 0 Å². The Bertz CT molecular complexity index is 250. The lowest BCUT2D eigenvalue weighted by molar-refractivity contribution is -0.150. The van der Waals surface area contributed by atoms with Crippen LogP contribution in [0.25, 0.3) is 0 Å². The van der Waals surface area contributed by atoms with Gasteiger partial charge in [0.15, 0.2) is 0 Å². The summed E-state index contributed by atoms with van der Waals surface area (Å²) in [5.41, 5.74) is 4.91. The van der Waals surface area contributed by atoms with E-state index in [1.165, 1.54) is 0 Å². The number of nitrogens with two attached hydrogens (primary N) is 1. The molecule has 1 aliphatic rings. The molecule has 3 atom stereocenters. The van der Waals surface area contributed by atoms with Crippen molar-refractivity contribution in [2.45, 2.75) is 37.5 Å². The zero-order chi connectivity index (χ0) is 12.2. The molecule has 0 radical (unpaired) electrons. The monoisotopic (exact) mass is 226 g/mol. The second-order valence-corrected chi connectivity index (χ2v) is 4.90. The largest absolute Gasteiger partial charge is 0.480 e. The van der Waals surface area contributed by atoms with E-state index in [4.69, 9.17) is 5.73 Å². The van der Waals surface area contributed by atoms with Crippen molar-refractivity contribution in [3.05, 3.63) is 0 Å². The number of hydrogen-bond donors (Lipinski definition) is 3. The number of nitrogens with one attached hydrogen (secondary N) is 1. The van der Waals surface area contributed by atoms with Gasteiger partial charge < -0.3 is 16.2 Å². The van der Waals surface area contributed by atoms with E-state index in [9.17, 15) is 9.90 Å². The smallest absolute Gasteiger partial charge is 0.324 e. The van der Waals surface area contributed by atoms with E-state index < -0.39 is 11.5 Å². The molecule has 0 amide bonds. The Hall–Kier alpha value is -0.545. The molecule has 92 valence electrons. The number of aliphatic carboxylic acids is 1. The molecule has 0 saturated heterocycles. The van der Waals surface area contributed by atoms with E-state index >= 15 is 0 Å². The second-order valence-electron chi connectivity index (χ2n) is 4.90. The number of rotatable bonds is 5. The summed E-state index contributed by atoms with van der Waals surface area (Å²) in [5.74, 6) is -0.161. The lowest BCUT2D eigenvalue weighted by atomic mass is 9.67. The van der Waals surface area contributed by atoms with Crippen LogP contribution in [0.4, 0.5) is 0 Å². The minimum Gasteiger partial charge on any atom is -0.480 e. The van der Waals surface area contributed by atoms with Crippen LogP contribution in [0.1, 0.15) is 25.7 Å². The maximum atomic E-state index is 11.5. The van der Waals surface area contributed by atoms with Crippen molar-refractivity contribution >= 4 is 13.8 Å². The average molecular weight is 226 g/mol. The van der Waals surface area contributed by atoms with Gasteiger partial charge in [0, 0.05) is 5.92 Å². The topological polar surface area (TPSA) is 75.3 Å². The molecule has 1 saturated carbocycles. The van der Waals surface area contributed by atoms with Gasteiger partial charge in [-0.05, 0) is 38.8 Å². The first-order valence-electron chi connectivity index (χ1n) is 6.23. The van der Waals surface area contributed by atoms with E-state index in [1.54, 1.807) is 7.05 Å². The fourth-order valence-corrected chi connectivity index (χ4v) is 3.06. The molecule has 0 spiro atoms. The van der Waals surface area contributed by atoms with Crippen molar-refractivity contribution < 1.29 is 9.90 Å². The molecule has 16 heavy (non-hydrogen) atoms. The van der Waals surface area contributed by atoms with Gasteiger partial charge in [-0.15, -0.1) is 0 Å². The Kier molecular flexibility index (Phi) is 4.80. The van der Waals surface area contributed by atoms with Crippen LogP contribution < -0.4 is 11.1 Å². The van der Waals surface area contributed by atoms with E-state index in [2.05, 4.69) is 13.2 Å². The van der Waals surface area contributed by atoms with Crippen LogP contribution in [0.15, 0.2) is 0 Å². The Morgan fingerprint density at radius 3 is 2.75 bits per heavy atom. The highest BCUT2D eigenvalue weighted by molar-refractivity contribution is 6.08. The van der Waals surface area contributed by atoms with Crippen LogP contribution in [-0.2, 0) is 4.79 Å². The zero-order valence-electron chi connectivity index (χ0n) is 10.3. The summed E-state index contributed by atoms with van der Waals surface area (Å²) in [6, 6.07) is 0. The quantitative estimate of drug-likeness (QED) is 0.569. The molecule has 0 bridgehead atoms. The first kappa shape index (κ1) is 13.5. The summed E-state index contributed by atoms with van der Waals surface area (Å²) in [6.07, 6.45) is 5.00. The number of carbonyl (C=O) groups is 1. The van der Waals surface area contributed by atoms with Crippen molar-refractivity contribution in [1.82, 2.24) is 5.32 Å². The van der Waals surface area contributed by atoms with Crippen molar-refractivity contribution in [3.63, 3.8) is 0 Å². The molecule has 0 aliphatic heterocycles. The molecular weight excluding hydrogens is 203 g/mol. The Morgan fingerprint density at radius 2 is 2.31 bits per heavy atom. The third-order valence-electron chi connectivity index (χ3n) is 4.04. The molecule has 1 aliphatic carbocycles. The van der Waals surface area contributed by atoms with Gasteiger partial charge in [-0.3, -0.25) is 4.79 Å². The fraction of sp³-hybridized carbons (Fsp3) is 0.909. The third-order valence-corrected chi connectivity index (χ3v) is 4.04. The van der Waals surface area contributed by atoms with Crippen LogP contribution in [0.3, 0.4) is 0 Å². The predicted molar refractivity (Wildman–Crippen MR) is 67.3 cm³/mol. The van der Waals surface area contributed by atoms with Gasteiger partial charge in [0.25, 0.3) is 0 Å². The van der Waals surface area contributed by atoms with Crippen molar-refractivity contribution in [2.24, 2.45) is 17.6 Å². The van der Waals surface area contributed by atoms with E-state index in [0.29, 0.717) is 18.9 Å². The van der Waals surface area contributed by atoms with Crippen LogP contribution in [0.5, 0.6) is 0 Å². The van der Waals surface area contributed by atoms with Crippen LogP contribution in [-0.4, -0.2) is 38.1 Å². The summed E-state index contributed by atoms with van der Waals surface area (Å²) >= 11 is 0. The maximum Gasteiger partial charge on any atom is 0.324 e. The highest BCUT2D eigenvalue weighted by Gasteiger charge is 2.47. The molecule has 1 fully saturated rings. The van der Waals surface area contributed by atoms with Crippen molar-refractivity contribution in [2.75, 3.05) is 13.6 Å². The van der Waals surface area contributed by atoms with Gasteiger partial charge in [-0.25, -0.2) is 0 Å². The van der Waals surface area contributed by atoms with Crippen LogP contribution in [0, 0.1) is 11.8 Å². The van der Waals surface area contributed by atoms with Gasteiger partial charge in [0.1, 0.15) is 13.4 Å². The molecule has 5 heteroatoms. The predicted octanol–water partition coefficient (Wildman–Crippen LogP) is -0.154. The lowest BCUT2D eigenvalue weighted by Gasteiger charge is -2.43. The van der Waals surface area contributed by atoms with Crippen LogP contribution in [0.2, 0.25) is 6.32 Å². The summed E-state index contributed by atoms with van der Waals surface area (Å²) in [4.78, 5) is 11.5.